The normalized spacial score (nSPS) is 19.6. The highest BCUT2D eigenvalue weighted by Gasteiger charge is 2.24. The second-order valence-electron chi connectivity index (χ2n) is 6.18. The van der Waals surface area contributed by atoms with Gasteiger partial charge in [0.2, 0.25) is 5.91 Å². The molecule has 1 atom stereocenters. The van der Waals surface area contributed by atoms with Crippen molar-refractivity contribution in [3.63, 3.8) is 0 Å². The molecule has 0 aliphatic carbocycles. The van der Waals surface area contributed by atoms with Crippen molar-refractivity contribution in [3.05, 3.63) is 22.7 Å². The van der Waals surface area contributed by atoms with E-state index in [1.54, 1.807) is 0 Å². The molecule has 0 aromatic heterocycles. The number of halogens is 2. The molecule has 2 aliphatic rings. The predicted molar refractivity (Wildman–Crippen MR) is 96.6 cm³/mol. The van der Waals surface area contributed by atoms with Gasteiger partial charge >= 0.3 is 0 Å². The van der Waals surface area contributed by atoms with Crippen LogP contribution in [0.5, 0.6) is 11.5 Å². The van der Waals surface area contributed by atoms with Crippen molar-refractivity contribution in [2.75, 3.05) is 39.9 Å². The molecular weight excluding hydrogens is 351 g/mol. The number of carbonyl (C=O) groups is 1. The molecule has 2 heterocycles. The maximum absolute atomic E-state index is 12.6. The van der Waals surface area contributed by atoms with Gasteiger partial charge in [0.15, 0.2) is 11.5 Å². The average molecular weight is 375 g/mol. The first-order chi connectivity index (χ1) is 11.2. The van der Waals surface area contributed by atoms with Crippen LogP contribution in [0.4, 0.5) is 0 Å². The molecule has 1 saturated heterocycles. The van der Waals surface area contributed by atoms with Crippen molar-refractivity contribution in [1.29, 1.82) is 0 Å². The number of likely N-dealkylation sites (tertiary alicyclic amines) is 1. The van der Waals surface area contributed by atoms with Gasteiger partial charge in [0.05, 0.1) is 11.4 Å². The van der Waals surface area contributed by atoms with E-state index >= 15 is 0 Å². The highest BCUT2D eigenvalue weighted by Crippen LogP contribution is 2.38. The molecule has 1 amide bonds. The van der Waals surface area contributed by atoms with Crippen LogP contribution in [0.25, 0.3) is 0 Å². The van der Waals surface area contributed by atoms with Gasteiger partial charge in [-0.1, -0.05) is 11.6 Å². The Labute approximate surface area is 154 Å². The SMILES string of the molecule is CNCC1CCCN(C(=O)Cc2cc(Cl)c3c(c2)OCCO3)C1.Cl. The Bertz CT molecular complexity index is 581. The lowest BCUT2D eigenvalue weighted by atomic mass is 9.97. The topological polar surface area (TPSA) is 50.8 Å². The van der Waals surface area contributed by atoms with E-state index in [-0.39, 0.29) is 18.3 Å². The summed E-state index contributed by atoms with van der Waals surface area (Å²) in [5, 5.41) is 3.71. The lowest BCUT2D eigenvalue weighted by molar-refractivity contribution is -0.132. The van der Waals surface area contributed by atoms with Gasteiger partial charge in [-0.05, 0) is 50.0 Å². The van der Waals surface area contributed by atoms with Crippen LogP contribution in [0.15, 0.2) is 12.1 Å². The van der Waals surface area contributed by atoms with Gasteiger partial charge in [0, 0.05) is 13.1 Å². The molecule has 0 saturated carbocycles. The molecule has 0 radical (unpaired) electrons. The van der Waals surface area contributed by atoms with Gasteiger partial charge in [0.25, 0.3) is 0 Å². The van der Waals surface area contributed by atoms with Crippen LogP contribution in [0, 0.1) is 5.92 Å². The number of rotatable bonds is 4. The average Bonchev–Trinajstić information content (AvgIpc) is 2.55. The number of hydrogen-bond donors (Lipinski definition) is 1. The van der Waals surface area contributed by atoms with E-state index in [0.717, 1.165) is 31.6 Å². The second-order valence-corrected chi connectivity index (χ2v) is 6.59. The molecular formula is C17H24Cl2N2O3. The number of carbonyl (C=O) groups excluding carboxylic acids is 1. The van der Waals surface area contributed by atoms with E-state index in [2.05, 4.69) is 5.32 Å². The molecule has 24 heavy (non-hydrogen) atoms. The van der Waals surface area contributed by atoms with E-state index in [1.807, 2.05) is 24.1 Å². The van der Waals surface area contributed by atoms with Crippen LogP contribution in [-0.2, 0) is 11.2 Å². The quantitative estimate of drug-likeness (QED) is 0.879. The third kappa shape index (κ3) is 4.47. The Kier molecular flexibility index (Phi) is 7.02. The van der Waals surface area contributed by atoms with E-state index in [4.69, 9.17) is 21.1 Å². The minimum Gasteiger partial charge on any atom is -0.486 e. The number of benzene rings is 1. The summed E-state index contributed by atoms with van der Waals surface area (Å²) in [5.74, 6) is 1.92. The first-order valence-corrected chi connectivity index (χ1v) is 8.55. The summed E-state index contributed by atoms with van der Waals surface area (Å²) in [6.07, 6.45) is 2.60. The van der Waals surface area contributed by atoms with Gasteiger partial charge in [0.1, 0.15) is 13.2 Å². The van der Waals surface area contributed by atoms with Crippen LogP contribution in [-0.4, -0.2) is 50.7 Å². The minimum atomic E-state index is 0. The molecule has 7 heteroatoms. The molecule has 134 valence electrons. The van der Waals surface area contributed by atoms with Crippen molar-refractivity contribution in [1.82, 2.24) is 10.2 Å². The minimum absolute atomic E-state index is 0. The number of nitrogens with zero attached hydrogens (tertiary/aromatic N) is 1. The van der Waals surface area contributed by atoms with E-state index < -0.39 is 0 Å². The molecule has 0 spiro atoms. The Morgan fingerprint density at radius 2 is 2.17 bits per heavy atom. The number of nitrogens with one attached hydrogen (secondary N) is 1. The highest BCUT2D eigenvalue weighted by atomic mass is 35.5. The maximum atomic E-state index is 12.6. The van der Waals surface area contributed by atoms with Crippen molar-refractivity contribution in [2.45, 2.75) is 19.3 Å². The van der Waals surface area contributed by atoms with Crippen LogP contribution in [0.1, 0.15) is 18.4 Å². The monoisotopic (exact) mass is 374 g/mol. The Balaban J connectivity index is 0.00000208. The van der Waals surface area contributed by atoms with Crippen molar-refractivity contribution < 1.29 is 14.3 Å². The molecule has 1 aromatic carbocycles. The summed E-state index contributed by atoms with van der Waals surface area (Å²) in [4.78, 5) is 14.6. The Hall–Kier alpha value is -1.17. The summed E-state index contributed by atoms with van der Waals surface area (Å²) in [6, 6.07) is 3.68. The highest BCUT2D eigenvalue weighted by molar-refractivity contribution is 6.32. The molecule has 1 fully saturated rings. The lowest BCUT2D eigenvalue weighted by Gasteiger charge is -2.33. The largest absolute Gasteiger partial charge is 0.486 e. The van der Waals surface area contributed by atoms with Gasteiger partial charge in [-0.25, -0.2) is 0 Å². The zero-order chi connectivity index (χ0) is 16.2. The number of piperidine rings is 1. The summed E-state index contributed by atoms with van der Waals surface area (Å²) in [6.45, 7) is 3.65. The maximum Gasteiger partial charge on any atom is 0.227 e. The third-order valence-electron chi connectivity index (χ3n) is 4.38. The summed E-state index contributed by atoms with van der Waals surface area (Å²) < 4.78 is 11.1. The van der Waals surface area contributed by atoms with Crippen molar-refractivity contribution in [2.24, 2.45) is 5.92 Å². The van der Waals surface area contributed by atoms with Crippen molar-refractivity contribution in [3.8, 4) is 11.5 Å². The van der Waals surface area contributed by atoms with Crippen LogP contribution in [0.3, 0.4) is 0 Å². The smallest absolute Gasteiger partial charge is 0.227 e. The standard InChI is InChI=1S/C17H23ClN2O3.ClH/c1-19-10-12-3-2-4-20(11-12)16(21)9-13-7-14(18)17-15(8-13)22-5-6-23-17;/h7-8,12,19H,2-6,9-11H2,1H3;1H. The lowest BCUT2D eigenvalue weighted by Crippen LogP contribution is -2.43. The molecule has 1 N–H and O–H groups in total. The first kappa shape index (κ1) is 19.2. The van der Waals surface area contributed by atoms with Crippen LogP contribution < -0.4 is 14.8 Å². The van der Waals surface area contributed by atoms with Gasteiger partial charge in [-0.15, -0.1) is 12.4 Å². The summed E-state index contributed by atoms with van der Waals surface area (Å²) >= 11 is 6.24. The molecule has 1 aromatic rings. The number of hydrogen-bond acceptors (Lipinski definition) is 4. The van der Waals surface area contributed by atoms with Gasteiger partial charge < -0.3 is 19.7 Å². The Morgan fingerprint density at radius 1 is 1.38 bits per heavy atom. The van der Waals surface area contributed by atoms with E-state index in [1.165, 1.54) is 6.42 Å². The van der Waals surface area contributed by atoms with E-state index in [0.29, 0.717) is 42.1 Å². The van der Waals surface area contributed by atoms with E-state index in [9.17, 15) is 4.79 Å². The van der Waals surface area contributed by atoms with Crippen molar-refractivity contribution >= 4 is 29.9 Å². The fraction of sp³-hybridized carbons (Fsp3) is 0.588. The Morgan fingerprint density at radius 3 is 2.96 bits per heavy atom. The number of fused-ring (bicyclic) bond motifs is 1. The molecule has 3 rings (SSSR count). The number of amides is 1. The third-order valence-corrected chi connectivity index (χ3v) is 4.66. The molecule has 5 nitrogen and oxygen atoms in total. The van der Waals surface area contributed by atoms with Crippen LogP contribution >= 0.6 is 24.0 Å². The molecule has 0 bridgehead atoms. The summed E-state index contributed by atoms with van der Waals surface area (Å²) in [7, 11) is 1.96. The molecule has 2 aliphatic heterocycles. The second kappa shape index (κ2) is 8.79. The first-order valence-electron chi connectivity index (χ1n) is 8.17. The van der Waals surface area contributed by atoms with Gasteiger partial charge in [-0.2, -0.15) is 0 Å². The fourth-order valence-electron chi connectivity index (χ4n) is 3.30. The fourth-order valence-corrected chi connectivity index (χ4v) is 3.59. The summed E-state index contributed by atoms with van der Waals surface area (Å²) in [5.41, 5.74) is 0.875. The van der Waals surface area contributed by atoms with Gasteiger partial charge in [-0.3, -0.25) is 4.79 Å². The molecule has 1 unspecified atom stereocenters. The number of ether oxygens (including phenoxy) is 2. The van der Waals surface area contributed by atoms with Crippen LogP contribution in [0.2, 0.25) is 5.02 Å². The zero-order valence-corrected chi connectivity index (χ0v) is 15.4. The zero-order valence-electron chi connectivity index (χ0n) is 13.8. The predicted octanol–water partition coefficient (Wildman–Crippen LogP) is 2.53.